The molecule has 1 saturated heterocycles. The minimum Gasteiger partial charge on any atom is -0.356 e. The molecule has 0 spiro atoms. The van der Waals surface area contributed by atoms with Crippen LogP contribution in [0, 0.1) is 5.92 Å². The van der Waals surface area contributed by atoms with Gasteiger partial charge in [-0.25, -0.2) is 0 Å². The number of halogens is 1. The summed E-state index contributed by atoms with van der Waals surface area (Å²) in [6.07, 6.45) is 7.35. The highest BCUT2D eigenvalue weighted by Crippen LogP contribution is 2.20. The van der Waals surface area contributed by atoms with E-state index in [1.165, 1.54) is 17.5 Å². The van der Waals surface area contributed by atoms with Gasteiger partial charge in [0.1, 0.15) is 0 Å². The summed E-state index contributed by atoms with van der Waals surface area (Å²) < 4.78 is 1.85. The Balaban J connectivity index is 0.00000225. The quantitative estimate of drug-likeness (QED) is 0.430. The predicted molar refractivity (Wildman–Crippen MR) is 114 cm³/mol. The summed E-state index contributed by atoms with van der Waals surface area (Å²) in [6, 6.07) is 10.8. The zero-order chi connectivity index (χ0) is 16.8. The second-order valence-corrected chi connectivity index (χ2v) is 6.54. The first-order valence-electron chi connectivity index (χ1n) is 8.71. The van der Waals surface area contributed by atoms with E-state index in [9.17, 15) is 0 Å². The van der Waals surface area contributed by atoms with Crippen molar-refractivity contribution in [3.8, 4) is 0 Å². The van der Waals surface area contributed by atoms with Crippen LogP contribution in [-0.2, 0) is 19.9 Å². The summed E-state index contributed by atoms with van der Waals surface area (Å²) in [5.41, 5.74) is 2.69. The van der Waals surface area contributed by atoms with Crippen LogP contribution in [0.25, 0.3) is 0 Å². The maximum atomic E-state index is 4.46. The smallest absolute Gasteiger partial charge is 0.193 e. The molecule has 1 aromatic heterocycles. The fourth-order valence-corrected chi connectivity index (χ4v) is 3.39. The van der Waals surface area contributed by atoms with Gasteiger partial charge in [-0.15, -0.1) is 24.0 Å². The Bertz CT molecular complexity index is 667. The van der Waals surface area contributed by atoms with Crippen molar-refractivity contribution in [1.82, 2.24) is 20.0 Å². The number of aliphatic imine (C=N–C) groups is 1. The molecule has 0 amide bonds. The van der Waals surface area contributed by atoms with Gasteiger partial charge in [0.05, 0.1) is 6.20 Å². The van der Waals surface area contributed by atoms with Crippen molar-refractivity contribution >= 4 is 29.9 Å². The average molecular weight is 453 g/mol. The van der Waals surface area contributed by atoms with Crippen LogP contribution in [0.1, 0.15) is 17.5 Å². The molecule has 25 heavy (non-hydrogen) atoms. The molecule has 1 fully saturated rings. The first-order chi connectivity index (χ1) is 11.7. The molecular weight excluding hydrogens is 425 g/mol. The monoisotopic (exact) mass is 453 g/mol. The Morgan fingerprint density at radius 1 is 1.28 bits per heavy atom. The predicted octanol–water partition coefficient (Wildman–Crippen LogP) is 2.72. The third-order valence-corrected chi connectivity index (χ3v) is 4.62. The molecule has 3 rings (SSSR count). The van der Waals surface area contributed by atoms with E-state index >= 15 is 0 Å². The molecule has 1 aliphatic rings. The van der Waals surface area contributed by atoms with Crippen molar-refractivity contribution in [2.45, 2.75) is 19.3 Å². The average Bonchev–Trinajstić information content (AvgIpc) is 3.22. The van der Waals surface area contributed by atoms with Crippen LogP contribution in [0.5, 0.6) is 0 Å². The van der Waals surface area contributed by atoms with Gasteiger partial charge in [0.15, 0.2) is 5.96 Å². The Morgan fingerprint density at radius 2 is 2.08 bits per heavy atom. The zero-order valence-electron chi connectivity index (χ0n) is 15.1. The molecule has 0 saturated carbocycles. The number of rotatable bonds is 5. The van der Waals surface area contributed by atoms with E-state index in [0.717, 1.165) is 38.4 Å². The largest absolute Gasteiger partial charge is 0.356 e. The van der Waals surface area contributed by atoms with E-state index in [0.29, 0.717) is 5.92 Å². The fraction of sp³-hybridized carbons (Fsp3) is 0.474. The number of nitrogens with one attached hydrogen (secondary N) is 1. The number of hydrogen-bond acceptors (Lipinski definition) is 2. The van der Waals surface area contributed by atoms with Crippen molar-refractivity contribution in [2.24, 2.45) is 18.0 Å². The van der Waals surface area contributed by atoms with Gasteiger partial charge >= 0.3 is 0 Å². The van der Waals surface area contributed by atoms with E-state index in [1.54, 1.807) is 0 Å². The van der Waals surface area contributed by atoms with Gasteiger partial charge in [-0.1, -0.05) is 30.3 Å². The zero-order valence-corrected chi connectivity index (χ0v) is 17.4. The lowest BCUT2D eigenvalue weighted by molar-refractivity contribution is 0.460. The van der Waals surface area contributed by atoms with Crippen molar-refractivity contribution in [1.29, 1.82) is 0 Å². The number of benzene rings is 1. The number of likely N-dealkylation sites (tertiary alicyclic amines) is 1. The Kier molecular flexibility index (Phi) is 7.74. The Morgan fingerprint density at radius 3 is 2.76 bits per heavy atom. The number of aryl methyl sites for hydroxylation is 1. The molecule has 0 aliphatic carbocycles. The van der Waals surface area contributed by atoms with Crippen LogP contribution in [0.3, 0.4) is 0 Å². The third kappa shape index (κ3) is 5.73. The molecule has 0 bridgehead atoms. The molecule has 6 heteroatoms. The fourth-order valence-electron chi connectivity index (χ4n) is 3.39. The lowest BCUT2D eigenvalue weighted by Gasteiger charge is -2.21. The van der Waals surface area contributed by atoms with Crippen molar-refractivity contribution < 1.29 is 0 Å². The minimum atomic E-state index is 0. The van der Waals surface area contributed by atoms with Crippen LogP contribution < -0.4 is 5.32 Å². The summed E-state index contributed by atoms with van der Waals surface area (Å²) in [6.45, 7) is 3.06. The summed E-state index contributed by atoms with van der Waals surface area (Å²) in [5.74, 6) is 1.73. The van der Waals surface area contributed by atoms with E-state index in [4.69, 9.17) is 0 Å². The molecular formula is C19H28IN5. The highest BCUT2D eigenvalue weighted by atomic mass is 127. The van der Waals surface area contributed by atoms with Crippen LogP contribution in [0.2, 0.25) is 0 Å². The number of nitrogens with zero attached hydrogens (tertiary/aromatic N) is 4. The van der Waals surface area contributed by atoms with Crippen molar-refractivity contribution in [3.63, 3.8) is 0 Å². The molecule has 136 valence electrons. The molecule has 1 aromatic carbocycles. The standard InChI is InChI=1S/C19H27N5.HI/c1-20-19(21-10-8-18-13-22-23(2)14-18)24-11-9-17(15-24)12-16-6-4-3-5-7-16;/h3-7,13-14,17H,8-12,15H2,1-2H3,(H,20,21);1H. The van der Waals surface area contributed by atoms with Gasteiger partial charge < -0.3 is 10.2 Å². The lowest BCUT2D eigenvalue weighted by atomic mass is 9.99. The molecule has 0 radical (unpaired) electrons. The topological polar surface area (TPSA) is 45.5 Å². The van der Waals surface area contributed by atoms with E-state index in [2.05, 4.69) is 56.8 Å². The van der Waals surface area contributed by atoms with Crippen LogP contribution >= 0.6 is 24.0 Å². The van der Waals surface area contributed by atoms with Crippen molar-refractivity contribution in [3.05, 3.63) is 53.9 Å². The van der Waals surface area contributed by atoms with Gasteiger partial charge in [0.25, 0.3) is 0 Å². The van der Waals surface area contributed by atoms with E-state index in [1.807, 2.05) is 25.0 Å². The summed E-state index contributed by atoms with van der Waals surface area (Å²) in [7, 11) is 3.82. The number of aromatic nitrogens is 2. The summed E-state index contributed by atoms with van der Waals surface area (Å²) >= 11 is 0. The summed E-state index contributed by atoms with van der Waals surface area (Å²) in [5, 5.41) is 7.70. The maximum Gasteiger partial charge on any atom is 0.193 e. The molecule has 1 N–H and O–H groups in total. The molecule has 5 nitrogen and oxygen atoms in total. The van der Waals surface area contributed by atoms with Crippen LogP contribution in [-0.4, -0.2) is 47.3 Å². The van der Waals surface area contributed by atoms with Gasteiger partial charge in [-0.05, 0) is 36.3 Å². The van der Waals surface area contributed by atoms with Crippen molar-refractivity contribution in [2.75, 3.05) is 26.7 Å². The van der Waals surface area contributed by atoms with Gasteiger partial charge in [0, 0.05) is 39.9 Å². The minimum absolute atomic E-state index is 0. The van der Waals surface area contributed by atoms with Crippen LogP contribution in [0.4, 0.5) is 0 Å². The number of hydrogen-bond donors (Lipinski definition) is 1. The van der Waals surface area contributed by atoms with Gasteiger partial charge in [-0.2, -0.15) is 5.10 Å². The molecule has 1 aliphatic heterocycles. The maximum absolute atomic E-state index is 4.46. The van der Waals surface area contributed by atoms with Gasteiger partial charge in [-0.3, -0.25) is 9.67 Å². The normalized spacial score (nSPS) is 17.4. The lowest BCUT2D eigenvalue weighted by Crippen LogP contribution is -2.40. The highest BCUT2D eigenvalue weighted by Gasteiger charge is 2.24. The molecule has 2 heterocycles. The Hall–Kier alpha value is -1.57. The second-order valence-electron chi connectivity index (χ2n) is 6.54. The first kappa shape index (κ1) is 19.8. The Labute approximate surface area is 167 Å². The highest BCUT2D eigenvalue weighted by molar-refractivity contribution is 14.0. The third-order valence-electron chi connectivity index (χ3n) is 4.62. The number of guanidine groups is 1. The molecule has 1 atom stereocenters. The van der Waals surface area contributed by atoms with Gasteiger partial charge in [0.2, 0.25) is 0 Å². The first-order valence-corrected chi connectivity index (χ1v) is 8.71. The second kappa shape index (κ2) is 9.79. The van der Waals surface area contributed by atoms with Crippen LogP contribution in [0.15, 0.2) is 47.7 Å². The van der Waals surface area contributed by atoms with E-state index in [-0.39, 0.29) is 24.0 Å². The molecule has 1 unspecified atom stereocenters. The summed E-state index contributed by atoms with van der Waals surface area (Å²) in [4.78, 5) is 6.84. The SMILES string of the molecule is CN=C(NCCc1cnn(C)c1)N1CCC(Cc2ccccc2)C1.I. The molecule has 2 aromatic rings. The van der Waals surface area contributed by atoms with E-state index < -0.39 is 0 Å².